The predicted octanol–water partition coefficient (Wildman–Crippen LogP) is 2.76. The lowest BCUT2D eigenvalue weighted by molar-refractivity contribution is -0.136. The summed E-state index contributed by atoms with van der Waals surface area (Å²) in [5, 5.41) is 0. The average Bonchev–Trinajstić information content (AvgIpc) is 2.30. The van der Waals surface area contributed by atoms with Crippen LogP contribution in [0.15, 0.2) is 11.6 Å². The van der Waals surface area contributed by atoms with Crippen molar-refractivity contribution < 1.29 is 23.1 Å². The standard InChI is InChI=1S/C11H21O5P/c1-5-10(11(12)14-4)8-9-17(13,15-6-2)16-7-3/h8H,5-7,9H2,1-4H3/b10-8+. The zero-order valence-electron chi connectivity index (χ0n) is 10.9. The molecule has 0 spiro atoms. The molecule has 17 heavy (non-hydrogen) atoms. The van der Waals surface area contributed by atoms with Crippen molar-refractivity contribution in [3.63, 3.8) is 0 Å². The smallest absolute Gasteiger partial charge is 0.334 e. The zero-order chi connectivity index (χ0) is 13.3. The summed E-state index contributed by atoms with van der Waals surface area (Å²) >= 11 is 0. The molecule has 0 aliphatic rings. The van der Waals surface area contributed by atoms with Gasteiger partial charge in [-0.25, -0.2) is 4.79 Å². The molecule has 0 unspecified atom stereocenters. The third-order valence-electron chi connectivity index (χ3n) is 2.04. The van der Waals surface area contributed by atoms with Crippen LogP contribution in [-0.2, 0) is 23.1 Å². The molecule has 0 saturated heterocycles. The second-order valence-corrected chi connectivity index (χ2v) is 5.31. The highest BCUT2D eigenvalue weighted by Crippen LogP contribution is 2.48. The minimum atomic E-state index is -3.12. The van der Waals surface area contributed by atoms with Crippen LogP contribution in [0.5, 0.6) is 0 Å². The van der Waals surface area contributed by atoms with Gasteiger partial charge in [0.2, 0.25) is 0 Å². The molecular weight excluding hydrogens is 243 g/mol. The molecule has 6 heteroatoms. The number of carbonyl (C=O) groups excluding carboxylic acids is 1. The van der Waals surface area contributed by atoms with E-state index in [4.69, 9.17) is 9.05 Å². The van der Waals surface area contributed by atoms with E-state index >= 15 is 0 Å². The van der Waals surface area contributed by atoms with E-state index in [1.165, 1.54) is 7.11 Å². The number of rotatable bonds is 8. The van der Waals surface area contributed by atoms with Crippen LogP contribution in [0.3, 0.4) is 0 Å². The maximum atomic E-state index is 12.1. The zero-order valence-corrected chi connectivity index (χ0v) is 11.8. The molecule has 0 aromatic carbocycles. The first-order valence-corrected chi connectivity index (χ1v) is 7.41. The van der Waals surface area contributed by atoms with Gasteiger partial charge in [0, 0.05) is 5.57 Å². The van der Waals surface area contributed by atoms with Crippen LogP contribution in [0.4, 0.5) is 0 Å². The highest BCUT2D eigenvalue weighted by Gasteiger charge is 2.22. The summed E-state index contributed by atoms with van der Waals surface area (Å²) in [4.78, 5) is 11.3. The van der Waals surface area contributed by atoms with Crippen molar-refractivity contribution in [2.24, 2.45) is 0 Å². The largest absolute Gasteiger partial charge is 0.466 e. The Kier molecular flexibility index (Phi) is 8.13. The SMILES string of the molecule is CCOP(=O)(C/C=C(\CC)C(=O)OC)OCC. The molecule has 0 aromatic heterocycles. The molecule has 0 bridgehead atoms. The average molecular weight is 264 g/mol. The third kappa shape index (κ3) is 6.01. The molecule has 0 atom stereocenters. The maximum Gasteiger partial charge on any atom is 0.334 e. The molecule has 0 aliphatic heterocycles. The molecule has 5 nitrogen and oxygen atoms in total. The third-order valence-corrected chi connectivity index (χ3v) is 3.97. The Bertz CT molecular complexity index is 301. The van der Waals surface area contributed by atoms with Crippen LogP contribution in [0.1, 0.15) is 27.2 Å². The first-order chi connectivity index (χ1) is 8.02. The number of ether oxygens (including phenoxy) is 1. The number of methoxy groups -OCH3 is 1. The van der Waals surface area contributed by atoms with E-state index in [2.05, 4.69) is 4.74 Å². The van der Waals surface area contributed by atoms with Crippen LogP contribution in [0.2, 0.25) is 0 Å². The van der Waals surface area contributed by atoms with Crippen molar-refractivity contribution in [2.75, 3.05) is 26.5 Å². The predicted molar refractivity (Wildman–Crippen MR) is 66.1 cm³/mol. The first-order valence-electron chi connectivity index (χ1n) is 5.68. The monoisotopic (exact) mass is 264 g/mol. The van der Waals surface area contributed by atoms with Gasteiger partial charge in [0.15, 0.2) is 0 Å². The summed E-state index contributed by atoms with van der Waals surface area (Å²) in [5.41, 5.74) is 0.479. The molecule has 0 aromatic rings. The molecule has 0 N–H and O–H groups in total. The van der Waals surface area contributed by atoms with Gasteiger partial charge in [0.25, 0.3) is 0 Å². The molecule has 0 aliphatic carbocycles. The van der Waals surface area contributed by atoms with Gasteiger partial charge in [-0.1, -0.05) is 13.0 Å². The van der Waals surface area contributed by atoms with Crippen molar-refractivity contribution >= 4 is 13.6 Å². The summed E-state index contributed by atoms with van der Waals surface area (Å²) in [7, 11) is -1.80. The molecule has 0 saturated carbocycles. The summed E-state index contributed by atoms with van der Waals surface area (Å²) in [6.07, 6.45) is 2.18. The van der Waals surface area contributed by atoms with E-state index in [0.29, 0.717) is 25.2 Å². The van der Waals surface area contributed by atoms with Crippen LogP contribution >= 0.6 is 7.60 Å². The Morgan fingerprint density at radius 1 is 1.18 bits per heavy atom. The van der Waals surface area contributed by atoms with Gasteiger partial charge >= 0.3 is 13.6 Å². The minimum absolute atomic E-state index is 0.0902. The molecular formula is C11H21O5P. The summed E-state index contributed by atoms with van der Waals surface area (Å²) < 4.78 is 26.9. The fraction of sp³-hybridized carbons (Fsp3) is 0.727. The number of hydrogen-bond donors (Lipinski definition) is 0. The van der Waals surface area contributed by atoms with Gasteiger partial charge in [-0.3, -0.25) is 4.57 Å². The van der Waals surface area contributed by atoms with E-state index in [0.717, 1.165) is 0 Å². The Morgan fingerprint density at radius 2 is 1.71 bits per heavy atom. The molecule has 0 fully saturated rings. The van der Waals surface area contributed by atoms with E-state index < -0.39 is 13.6 Å². The van der Waals surface area contributed by atoms with Crippen LogP contribution in [0.25, 0.3) is 0 Å². The fourth-order valence-corrected chi connectivity index (χ4v) is 2.78. The van der Waals surface area contributed by atoms with Gasteiger partial charge in [-0.15, -0.1) is 0 Å². The van der Waals surface area contributed by atoms with Gasteiger partial charge < -0.3 is 13.8 Å². The van der Waals surface area contributed by atoms with Gasteiger partial charge in [-0.05, 0) is 20.3 Å². The topological polar surface area (TPSA) is 61.8 Å². The lowest BCUT2D eigenvalue weighted by atomic mass is 10.2. The molecule has 100 valence electrons. The Labute approximate surface area is 103 Å². The molecule has 0 rings (SSSR count). The number of allylic oxidation sites excluding steroid dienone is 1. The van der Waals surface area contributed by atoms with Crippen molar-refractivity contribution in [3.8, 4) is 0 Å². The first kappa shape index (κ1) is 16.4. The van der Waals surface area contributed by atoms with Crippen molar-refractivity contribution in [3.05, 3.63) is 11.6 Å². The minimum Gasteiger partial charge on any atom is -0.466 e. The highest BCUT2D eigenvalue weighted by atomic mass is 31.2. The number of carbonyl (C=O) groups is 1. The lowest BCUT2D eigenvalue weighted by Crippen LogP contribution is -2.06. The Balaban J connectivity index is 4.70. The van der Waals surface area contributed by atoms with Crippen molar-refractivity contribution in [2.45, 2.75) is 27.2 Å². The normalized spacial score (nSPS) is 12.6. The van der Waals surface area contributed by atoms with Crippen LogP contribution in [0, 0.1) is 0 Å². The highest BCUT2D eigenvalue weighted by molar-refractivity contribution is 7.54. The van der Waals surface area contributed by atoms with Crippen LogP contribution < -0.4 is 0 Å². The fourth-order valence-electron chi connectivity index (χ4n) is 1.26. The second kappa shape index (κ2) is 8.45. The summed E-state index contributed by atoms with van der Waals surface area (Å²) in [5.74, 6) is -0.410. The second-order valence-electron chi connectivity index (χ2n) is 3.20. The summed E-state index contributed by atoms with van der Waals surface area (Å²) in [6, 6.07) is 0. The van der Waals surface area contributed by atoms with E-state index in [9.17, 15) is 9.36 Å². The van der Waals surface area contributed by atoms with E-state index in [1.807, 2.05) is 6.92 Å². The lowest BCUT2D eigenvalue weighted by Gasteiger charge is -2.15. The van der Waals surface area contributed by atoms with Crippen molar-refractivity contribution in [1.82, 2.24) is 0 Å². The van der Waals surface area contributed by atoms with Gasteiger partial charge in [0.1, 0.15) is 0 Å². The number of esters is 1. The van der Waals surface area contributed by atoms with Crippen molar-refractivity contribution in [1.29, 1.82) is 0 Å². The molecule has 0 radical (unpaired) electrons. The summed E-state index contributed by atoms with van der Waals surface area (Å²) in [6.45, 7) is 5.94. The van der Waals surface area contributed by atoms with Gasteiger partial charge in [-0.2, -0.15) is 0 Å². The van der Waals surface area contributed by atoms with E-state index in [-0.39, 0.29) is 6.16 Å². The maximum absolute atomic E-state index is 12.1. The Morgan fingerprint density at radius 3 is 2.06 bits per heavy atom. The van der Waals surface area contributed by atoms with Crippen LogP contribution in [-0.4, -0.2) is 32.5 Å². The Hall–Kier alpha value is -0.640. The quantitative estimate of drug-likeness (QED) is 0.383. The van der Waals surface area contributed by atoms with E-state index in [1.54, 1.807) is 19.9 Å². The number of hydrogen-bond acceptors (Lipinski definition) is 5. The van der Waals surface area contributed by atoms with Gasteiger partial charge in [0.05, 0.1) is 26.5 Å². The molecule has 0 heterocycles. The molecule has 0 amide bonds.